The highest BCUT2D eigenvalue weighted by Crippen LogP contribution is 2.19. The first-order valence-corrected chi connectivity index (χ1v) is 4.59. The van der Waals surface area contributed by atoms with Gasteiger partial charge in [-0.1, -0.05) is 28.1 Å². The minimum absolute atomic E-state index is 0.374. The SMILES string of the molecule is NC(=O)C(C(=O)O)c1cccc(Br)c1. The molecule has 0 aliphatic carbocycles. The Morgan fingerprint density at radius 2 is 2.07 bits per heavy atom. The van der Waals surface area contributed by atoms with E-state index in [1.807, 2.05) is 0 Å². The van der Waals surface area contributed by atoms with E-state index in [-0.39, 0.29) is 0 Å². The molecule has 0 saturated heterocycles. The molecule has 14 heavy (non-hydrogen) atoms. The van der Waals surface area contributed by atoms with E-state index in [1.54, 1.807) is 24.3 Å². The van der Waals surface area contributed by atoms with E-state index in [1.165, 1.54) is 0 Å². The van der Waals surface area contributed by atoms with Gasteiger partial charge in [0.1, 0.15) is 0 Å². The van der Waals surface area contributed by atoms with Gasteiger partial charge < -0.3 is 10.8 Å². The van der Waals surface area contributed by atoms with Crippen LogP contribution in [-0.4, -0.2) is 17.0 Å². The van der Waals surface area contributed by atoms with E-state index in [4.69, 9.17) is 10.8 Å². The second-order valence-corrected chi connectivity index (χ2v) is 3.64. The van der Waals surface area contributed by atoms with Gasteiger partial charge in [-0.25, -0.2) is 0 Å². The minimum Gasteiger partial charge on any atom is -0.480 e. The lowest BCUT2D eigenvalue weighted by molar-refractivity contribution is -0.142. The predicted molar refractivity (Wildman–Crippen MR) is 53.7 cm³/mol. The Hall–Kier alpha value is -1.36. The number of nitrogens with two attached hydrogens (primary N) is 1. The number of carboxylic acids is 1. The van der Waals surface area contributed by atoms with Crippen LogP contribution < -0.4 is 5.73 Å². The van der Waals surface area contributed by atoms with Crippen molar-refractivity contribution >= 4 is 27.8 Å². The molecule has 0 aliphatic heterocycles. The van der Waals surface area contributed by atoms with Gasteiger partial charge in [0.2, 0.25) is 5.91 Å². The summed E-state index contributed by atoms with van der Waals surface area (Å²) in [6.45, 7) is 0. The Morgan fingerprint density at radius 1 is 1.43 bits per heavy atom. The first kappa shape index (κ1) is 10.7. The maximum atomic E-state index is 10.9. The van der Waals surface area contributed by atoms with Crippen LogP contribution in [0.1, 0.15) is 11.5 Å². The molecule has 1 atom stereocenters. The van der Waals surface area contributed by atoms with Crippen LogP contribution in [0.5, 0.6) is 0 Å². The molecule has 0 aliphatic rings. The van der Waals surface area contributed by atoms with Crippen molar-refractivity contribution in [2.75, 3.05) is 0 Å². The molecule has 0 heterocycles. The molecule has 0 bridgehead atoms. The molecular weight excluding hydrogens is 250 g/mol. The molecule has 0 aromatic heterocycles. The fourth-order valence-electron chi connectivity index (χ4n) is 1.11. The smallest absolute Gasteiger partial charge is 0.320 e. The topological polar surface area (TPSA) is 80.4 Å². The Bertz CT molecular complexity index is 364. The van der Waals surface area contributed by atoms with Crippen molar-refractivity contribution in [3.05, 3.63) is 34.3 Å². The second kappa shape index (κ2) is 4.23. The van der Waals surface area contributed by atoms with E-state index in [0.717, 1.165) is 0 Å². The Balaban J connectivity index is 3.12. The number of hydrogen-bond acceptors (Lipinski definition) is 2. The predicted octanol–water partition coefficient (Wildman–Crippen LogP) is 1.10. The van der Waals surface area contributed by atoms with E-state index >= 15 is 0 Å². The average Bonchev–Trinajstić information content (AvgIpc) is 2.02. The third kappa shape index (κ3) is 2.32. The molecule has 5 heteroatoms. The van der Waals surface area contributed by atoms with E-state index in [0.29, 0.717) is 10.0 Å². The summed E-state index contributed by atoms with van der Waals surface area (Å²) in [6.07, 6.45) is 0. The van der Waals surface area contributed by atoms with Gasteiger partial charge in [0.15, 0.2) is 5.92 Å². The Labute approximate surface area is 88.9 Å². The fraction of sp³-hybridized carbons (Fsp3) is 0.111. The summed E-state index contributed by atoms with van der Waals surface area (Å²) >= 11 is 3.18. The van der Waals surface area contributed by atoms with Gasteiger partial charge in [0.05, 0.1) is 0 Å². The number of halogens is 1. The van der Waals surface area contributed by atoms with Crippen LogP contribution in [0.25, 0.3) is 0 Å². The number of carbonyl (C=O) groups excluding carboxylic acids is 1. The molecule has 0 saturated carbocycles. The van der Waals surface area contributed by atoms with E-state index in [9.17, 15) is 9.59 Å². The molecule has 74 valence electrons. The van der Waals surface area contributed by atoms with Gasteiger partial charge in [-0.05, 0) is 17.7 Å². The zero-order valence-electron chi connectivity index (χ0n) is 7.11. The summed E-state index contributed by atoms with van der Waals surface area (Å²) < 4.78 is 0.711. The van der Waals surface area contributed by atoms with Gasteiger partial charge in [0.25, 0.3) is 0 Å². The fourth-order valence-corrected chi connectivity index (χ4v) is 1.53. The quantitative estimate of drug-likeness (QED) is 0.796. The molecule has 1 aromatic rings. The zero-order chi connectivity index (χ0) is 10.7. The maximum Gasteiger partial charge on any atom is 0.320 e. The van der Waals surface area contributed by atoms with Crippen molar-refractivity contribution in [3.8, 4) is 0 Å². The van der Waals surface area contributed by atoms with Crippen LogP contribution in [0, 0.1) is 0 Å². The summed E-state index contributed by atoms with van der Waals surface area (Å²) in [4.78, 5) is 21.6. The Morgan fingerprint density at radius 3 is 2.50 bits per heavy atom. The number of rotatable bonds is 3. The lowest BCUT2D eigenvalue weighted by atomic mass is 9.99. The van der Waals surface area contributed by atoms with E-state index < -0.39 is 17.8 Å². The van der Waals surface area contributed by atoms with Gasteiger partial charge in [-0.3, -0.25) is 9.59 Å². The highest BCUT2D eigenvalue weighted by atomic mass is 79.9. The lowest BCUT2D eigenvalue weighted by Crippen LogP contribution is -2.28. The number of benzene rings is 1. The standard InChI is InChI=1S/C9H8BrNO3/c10-6-3-1-2-5(4-6)7(8(11)12)9(13)14/h1-4,7H,(H2,11,12)(H,13,14). The monoisotopic (exact) mass is 257 g/mol. The maximum absolute atomic E-state index is 10.9. The molecular formula is C9H8BrNO3. The summed E-state index contributed by atoms with van der Waals surface area (Å²) in [5.41, 5.74) is 5.36. The molecule has 0 radical (unpaired) electrons. The molecule has 1 aromatic carbocycles. The first-order valence-electron chi connectivity index (χ1n) is 3.80. The molecule has 0 spiro atoms. The molecule has 0 fully saturated rings. The minimum atomic E-state index is -1.28. The van der Waals surface area contributed by atoms with Crippen molar-refractivity contribution in [3.63, 3.8) is 0 Å². The van der Waals surface area contributed by atoms with Gasteiger partial charge in [-0.2, -0.15) is 0 Å². The molecule has 1 unspecified atom stereocenters. The largest absolute Gasteiger partial charge is 0.480 e. The van der Waals surface area contributed by atoms with Crippen LogP contribution in [0.4, 0.5) is 0 Å². The third-order valence-corrected chi connectivity index (χ3v) is 2.21. The van der Waals surface area contributed by atoms with Crippen molar-refractivity contribution < 1.29 is 14.7 Å². The van der Waals surface area contributed by atoms with Crippen molar-refractivity contribution in [2.24, 2.45) is 5.73 Å². The number of carbonyl (C=O) groups is 2. The van der Waals surface area contributed by atoms with E-state index in [2.05, 4.69) is 15.9 Å². The van der Waals surface area contributed by atoms with Crippen LogP contribution in [-0.2, 0) is 9.59 Å². The summed E-state index contributed by atoms with van der Waals surface area (Å²) in [6, 6.07) is 6.50. The van der Waals surface area contributed by atoms with Crippen molar-refractivity contribution in [2.45, 2.75) is 5.92 Å². The molecule has 4 nitrogen and oxygen atoms in total. The summed E-state index contributed by atoms with van der Waals surface area (Å²) in [5.74, 6) is -3.39. The molecule has 1 rings (SSSR count). The van der Waals surface area contributed by atoms with Crippen LogP contribution in [0.2, 0.25) is 0 Å². The van der Waals surface area contributed by atoms with Crippen LogP contribution in [0.3, 0.4) is 0 Å². The third-order valence-electron chi connectivity index (χ3n) is 1.71. The number of aliphatic carboxylic acids is 1. The Kier molecular flexibility index (Phi) is 3.24. The molecule has 3 N–H and O–H groups in total. The van der Waals surface area contributed by atoms with Crippen LogP contribution in [0.15, 0.2) is 28.7 Å². The van der Waals surface area contributed by atoms with Crippen molar-refractivity contribution in [1.29, 1.82) is 0 Å². The number of amides is 1. The first-order chi connectivity index (χ1) is 6.52. The highest BCUT2D eigenvalue weighted by Gasteiger charge is 2.25. The lowest BCUT2D eigenvalue weighted by Gasteiger charge is -2.08. The number of carboxylic acid groups (broad SMARTS) is 1. The zero-order valence-corrected chi connectivity index (χ0v) is 8.69. The normalized spacial score (nSPS) is 12.1. The average molecular weight is 258 g/mol. The van der Waals surface area contributed by atoms with Gasteiger partial charge in [-0.15, -0.1) is 0 Å². The summed E-state index contributed by atoms with van der Waals surface area (Å²) in [7, 11) is 0. The second-order valence-electron chi connectivity index (χ2n) is 2.73. The summed E-state index contributed by atoms with van der Waals surface area (Å²) in [5, 5.41) is 8.77. The highest BCUT2D eigenvalue weighted by molar-refractivity contribution is 9.10. The number of hydrogen-bond donors (Lipinski definition) is 2. The van der Waals surface area contributed by atoms with Gasteiger partial charge >= 0.3 is 5.97 Å². The van der Waals surface area contributed by atoms with Crippen molar-refractivity contribution in [1.82, 2.24) is 0 Å². The van der Waals surface area contributed by atoms with Gasteiger partial charge in [0, 0.05) is 4.47 Å². The van der Waals surface area contributed by atoms with Crippen LogP contribution >= 0.6 is 15.9 Å². The molecule has 1 amide bonds. The number of primary amides is 1.